The fourth-order valence-electron chi connectivity index (χ4n) is 4.24. The summed E-state index contributed by atoms with van der Waals surface area (Å²) < 4.78 is 0. The first kappa shape index (κ1) is 17.5. The molecule has 0 amide bonds. The van der Waals surface area contributed by atoms with Gasteiger partial charge in [-0.3, -0.25) is 4.79 Å². The third-order valence-corrected chi connectivity index (χ3v) is 6.24. The molecule has 0 aromatic heterocycles. The van der Waals surface area contributed by atoms with Crippen molar-refractivity contribution in [3.63, 3.8) is 0 Å². The molecular weight excluding hydrogens is 272 g/mol. The van der Waals surface area contributed by atoms with E-state index in [0.717, 1.165) is 25.7 Å². The second-order valence-electron chi connectivity index (χ2n) is 8.20. The van der Waals surface area contributed by atoms with Gasteiger partial charge in [-0.05, 0) is 43.9 Å². The van der Waals surface area contributed by atoms with Crippen molar-refractivity contribution in [2.24, 2.45) is 23.2 Å². The van der Waals surface area contributed by atoms with E-state index in [-0.39, 0.29) is 29.0 Å². The first-order valence-electron chi connectivity index (χ1n) is 8.76. The molecule has 1 saturated carbocycles. The number of rotatable bonds is 1. The normalized spacial score (nSPS) is 44.1. The van der Waals surface area contributed by atoms with Crippen LogP contribution in [0.1, 0.15) is 66.7 Å². The van der Waals surface area contributed by atoms with Crippen LogP contribution in [0.15, 0.2) is 23.8 Å². The topological polar surface area (TPSA) is 37.3 Å². The van der Waals surface area contributed by atoms with Crippen LogP contribution in [-0.4, -0.2) is 16.5 Å². The lowest BCUT2D eigenvalue weighted by Crippen LogP contribution is -2.44. The SMILES string of the molecule is C/C1=C\C[C@]2(C)CC[C@](O)(C(C)C)[C@H]2CC(=O)[C@@H](C)/C=C\C1. The molecule has 22 heavy (non-hydrogen) atoms. The summed E-state index contributed by atoms with van der Waals surface area (Å²) in [6.07, 6.45) is 10.7. The summed E-state index contributed by atoms with van der Waals surface area (Å²) in [5, 5.41) is 11.3. The van der Waals surface area contributed by atoms with E-state index in [9.17, 15) is 9.90 Å². The fourth-order valence-corrected chi connectivity index (χ4v) is 4.24. The highest BCUT2D eigenvalue weighted by Crippen LogP contribution is 2.56. The van der Waals surface area contributed by atoms with Crippen LogP contribution in [0, 0.1) is 23.2 Å². The average Bonchev–Trinajstić information content (AvgIpc) is 2.70. The summed E-state index contributed by atoms with van der Waals surface area (Å²) in [7, 11) is 0. The molecule has 0 aliphatic heterocycles. The number of carbonyl (C=O) groups excluding carboxylic acids is 1. The van der Waals surface area contributed by atoms with Crippen LogP contribution in [0.25, 0.3) is 0 Å². The number of Topliss-reactive ketones (excluding diaryl/α,β-unsaturated/α-hetero) is 1. The van der Waals surface area contributed by atoms with Crippen LogP contribution >= 0.6 is 0 Å². The minimum absolute atomic E-state index is 0.0278. The molecule has 0 aromatic carbocycles. The van der Waals surface area contributed by atoms with Crippen LogP contribution in [0.3, 0.4) is 0 Å². The molecule has 2 aliphatic carbocycles. The summed E-state index contributed by atoms with van der Waals surface area (Å²) in [4.78, 5) is 12.6. The molecule has 0 bridgehead atoms. The minimum Gasteiger partial charge on any atom is -0.389 e. The lowest BCUT2D eigenvalue weighted by Gasteiger charge is -2.40. The zero-order valence-corrected chi connectivity index (χ0v) is 14.9. The maximum atomic E-state index is 12.6. The molecule has 0 spiro atoms. The van der Waals surface area contributed by atoms with Crippen molar-refractivity contribution in [2.75, 3.05) is 0 Å². The second-order valence-corrected chi connectivity index (χ2v) is 8.20. The van der Waals surface area contributed by atoms with E-state index in [0.29, 0.717) is 6.42 Å². The maximum Gasteiger partial charge on any atom is 0.139 e. The monoisotopic (exact) mass is 304 g/mol. The van der Waals surface area contributed by atoms with Crippen LogP contribution in [-0.2, 0) is 4.79 Å². The lowest BCUT2D eigenvalue weighted by atomic mass is 9.67. The van der Waals surface area contributed by atoms with Gasteiger partial charge in [0.25, 0.3) is 0 Å². The predicted molar refractivity (Wildman–Crippen MR) is 91.5 cm³/mol. The molecule has 2 aliphatic rings. The zero-order valence-electron chi connectivity index (χ0n) is 14.9. The fraction of sp³-hybridized carbons (Fsp3) is 0.750. The molecule has 124 valence electrons. The summed E-state index contributed by atoms with van der Waals surface area (Å²) >= 11 is 0. The van der Waals surface area contributed by atoms with E-state index in [2.05, 4.69) is 39.8 Å². The number of hydrogen-bond acceptors (Lipinski definition) is 2. The number of hydrogen-bond donors (Lipinski definition) is 1. The van der Waals surface area contributed by atoms with E-state index < -0.39 is 5.60 Å². The second kappa shape index (κ2) is 6.31. The number of aliphatic hydroxyl groups is 1. The molecule has 1 N–H and O–H groups in total. The summed E-state index contributed by atoms with van der Waals surface area (Å²) in [6, 6.07) is 0. The number of allylic oxidation sites excluding steroid dienone is 4. The Morgan fingerprint density at radius 1 is 1.32 bits per heavy atom. The molecule has 1 fully saturated rings. The van der Waals surface area contributed by atoms with Gasteiger partial charge in [-0.1, -0.05) is 51.5 Å². The summed E-state index contributed by atoms with van der Waals surface area (Å²) in [5.74, 6) is 0.471. The Kier molecular flexibility index (Phi) is 5.01. The smallest absolute Gasteiger partial charge is 0.139 e. The van der Waals surface area contributed by atoms with Gasteiger partial charge in [0.05, 0.1) is 5.60 Å². The van der Waals surface area contributed by atoms with Crippen LogP contribution in [0.2, 0.25) is 0 Å². The van der Waals surface area contributed by atoms with Crippen molar-refractivity contribution in [2.45, 2.75) is 72.3 Å². The minimum atomic E-state index is -0.705. The maximum absolute atomic E-state index is 12.6. The molecule has 4 atom stereocenters. The molecule has 2 heteroatoms. The van der Waals surface area contributed by atoms with Gasteiger partial charge in [-0.2, -0.15) is 0 Å². The van der Waals surface area contributed by atoms with Crippen LogP contribution in [0.4, 0.5) is 0 Å². The highest BCUT2D eigenvalue weighted by molar-refractivity contribution is 5.82. The third kappa shape index (κ3) is 3.22. The Hall–Kier alpha value is -0.890. The van der Waals surface area contributed by atoms with E-state index in [1.807, 2.05) is 13.0 Å². The average molecular weight is 304 g/mol. The summed E-state index contributed by atoms with van der Waals surface area (Å²) in [5.41, 5.74) is 0.682. The number of carbonyl (C=O) groups is 1. The quantitative estimate of drug-likeness (QED) is 0.714. The molecular formula is C20H32O2. The van der Waals surface area contributed by atoms with E-state index in [4.69, 9.17) is 0 Å². The van der Waals surface area contributed by atoms with Gasteiger partial charge in [-0.25, -0.2) is 0 Å². The Labute approximate surface area is 135 Å². The molecule has 0 aromatic rings. The van der Waals surface area contributed by atoms with Gasteiger partial charge in [0.15, 0.2) is 0 Å². The van der Waals surface area contributed by atoms with Crippen LogP contribution < -0.4 is 0 Å². The van der Waals surface area contributed by atoms with Crippen molar-refractivity contribution < 1.29 is 9.90 Å². The first-order valence-corrected chi connectivity index (χ1v) is 8.76. The number of fused-ring (bicyclic) bond motifs is 1. The van der Waals surface area contributed by atoms with Crippen molar-refractivity contribution in [3.05, 3.63) is 23.8 Å². The van der Waals surface area contributed by atoms with Crippen molar-refractivity contribution >= 4 is 5.78 Å². The first-order chi connectivity index (χ1) is 10.2. The van der Waals surface area contributed by atoms with Gasteiger partial charge in [0.1, 0.15) is 5.78 Å². The molecule has 0 unspecified atom stereocenters. The Morgan fingerprint density at radius 2 is 2.00 bits per heavy atom. The van der Waals surface area contributed by atoms with Gasteiger partial charge in [0.2, 0.25) is 0 Å². The Morgan fingerprint density at radius 3 is 2.64 bits per heavy atom. The van der Waals surface area contributed by atoms with Crippen molar-refractivity contribution in [1.29, 1.82) is 0 Å². The van der Waals surface area contributed by atoms with Crippen molar-refractivity contribution in [1.82, 2.24) is 0 Å². The van der Waals surface area contributed by atoms with Crippen LogP contribution in [0.5, 0.6) is 0 Å². The van der Waals surface area contributed by atoms with Gasteiger partial charge in [0, 0.05) is 18.3 Å². The van der Waals surface area contributed by atoms with E-state index >= 15 is 0 Å². The number of ketones is 1. The largest absolute Gasteiger partial charge is 0.389 e. The molecule has 0 saturated heterocycles. The van der Waals surface area contributed by atoms with Crippen molar-refractivity contribution in [3.8, 4) is 0 Å². The van der Waals surface area contributed by atoms with E-state index in [1.54, 1.807) is 0 Å². The zero-order chi connectivity index (χ0) is 16.5. The van der Waals surface area contributed by atoms with Gasteiger partial charge >= 0.3 is 0 Å². The Balaban J connectivity index is 2.40. The summed E-state index contributed by atoms with van der Waals surface area (Å²) in [6.45, 7) is 10.6. The highest BCUT2D eigenvalue weighted by Gasteiger charge is 2.55. The molecule has 2 nitrogen and oxygen atoms in total. The van der Waals surface area contributed by atoms with Gasteiger partial charge < -0.3 is 5.11 Å². The highest BCUT2D eigenvalue weighted by atomic mass is 16.3. The lowest BCUT2D eigenvalue weighted by molar-refractivity contribution is -0.128. The van der Waals surface area contributed by atoms with E-state index in [1.165, 1.54) is 5.57 Å². The van der Waals surface area contributed by atoms with Gasteiger partial charge in [-0.15, -0.1) is 0 Å². The molecule has 2 rings (SSSR count). The predicted octanol–water partition coefficient (Wildman–Crippen LogP) is 4.68. The molecule has 0 radical (unpaired) electrons. The molecule has 0 heterocycles. The standard InChI is InChI=1S/C20H32O2/c1-14(2)20(22)12-11-19(5)10-9-15(3)7-6-8-16(4)17(21)13-18(19)20/h6,8-9,14,16,18,22H,7,10-13H2,1-5H3/b8-6-,15-9+/t16-,18-,19+,20-/m0/s1. The third-order valence-electron chi connectivity index (χ3n) is 6.24. The Bertz CT molecular complexity index is 488.